The van der Waals surface area contributed by atoms with Gasteiger partial charge >= 0.3 is 0 Å². The van der Waals surface area contributed by atoms with Gasteiger partial charge in [-0.3, -0.25) is 9.59 Å². The minimum absolute atomic E-state index is 0.0134. The summed E-state index contributed by atoms with van der Waals surface area (Å²) in [6.07, 6.45) is 0.697. The van der Waals surface area contributed by atoms with E-state index in [0.717, 1.165) is 22.3 Å². The molecular formula is C31H31NO3. The first kappa shape index (κ1) is 23.1. The quantitative estimate of drug-likeness (QED) is 0.346. The van der Waals surface area contributed by atoms with Crippen LogP contribution >= 0.6 is 0 Å². The lowest BCUT2D eigenvalue weighted by molar-refractivity contribution is 0.0730. The molecule has 4 nitrogen and oxygen atoms in total. The molecule has 0 spiro atoms. The van der Waals surface area contributed by atoms with Crippen molar-refractivity contribution in [3.8, 4) is 0 Å². The molecule has 1 amide bonds. The number of hydrogen-bond donors (Lipinski definition) is 0. The third-order valence-corrected chi connectivity index (χ3v) is 7.16. The zero-order valence-corrected chi connectivity index (χ0v) is 21.0. The maximum atomic E-state index is 13.8. The van der Waals surface area contributed by atoms with Crippen molar-refractivity contribution in [2.24, 2.45) is 0 Å². The number of amides is 1. The van der Waals surface area contributed by atoms with Crippen LogP contribution in [0.4, 0.5) is 0 Å². The van der Waals surface area contributed by atoms with E-state index in [2.05, 4.69) is 45.0 Å². The largest absolute Gasteiger partial charge is 0.450 e. The van der Waals surface area contributed by atoms with Crippen molar-refractivity contribution in [3.63, 3.8) is 0 Å². The van der Waals surface area contributed by atoms with Gasteiger partial charge in [0.25, 0.3) is 5.91 Å². The average molecular weight is 466 g/mol. The van der Waals surface area contributed by atoms with E-state index in [1.54, 1.807) is 4.90 Å². The lowest BCUT2D eigenvalue weighted by Crippen LogP contribution is -2.31. The number of rotatable bonds is 4. The molecule has 0 radical (unpaired) electrons. The van der Waals surface area contributed by atoms with Crippen molar-refractivity contribution in [2.45, 2.75) is 52.5 Å². The summed E-state index contributed by atoms with van der Waals surface area (Å²) in [7, 11) is 0. The SMILES string of the molecule is Cc1cc2oc3c(c(=O)c2cc1C)C(c1ccc(C(C)(C)C)cc1)N(CCc1ccccc1)C3=O. The molecule has 0 saturated carbocycles. The molecule has 1 atom stereocenters. The van der Waals surface area contributed by atoms with Crippen LogP contribution in [0.2, 0.25) is 0 Å². The molecule has 0 saturated heterocycles. The molecule has 178 valence electrons. The van der Waals surface area contributed by atoms with Crippen LogP contribution in [0.25, 0.3) is 11.0 Å². The van der Waals surface area contributed by atoms with E-state index in [4.69, 9.17) is 4.42 Å². The Kier molecular flexibility index (Phi) is 5.63. The van der Waals surface area contributed by atoms with Crippen molar-refractivity contribution in [1.29, 1.82) is 0 Å². The predicted octanol–water partition coefficient (Wildman–Crippen LogP) is 6.50. The number of carbonyl (C=O) groups excluding carboxylic acids is 1. The molecule has 35 heavy (non-hydrogen) atoms. The summed E-state index contributed by atoms with van der Waals surface area (Å²) in [6, 6.07) is 21.7. The van der Waals surface area contributed by atoms with Crippen molar-refractivity contribution < 1.29 is 9.21 Å². The first-order valence-corrected chi connectivity index (χ1v) is 12.2. The molecule has 4 heteroatoms. The second-order valence-electron chi connectivity index (χ2n) is 10.6. The van der Waals surface area contributed by atoms with Crippen LogP contribution in [0, 0.1) is 13.8 Å². The Labute approximate surface area is 206 Å². The molecule has 1 aliphatic rings. The summed E-state index contributed by atoms with van der Waals surface area (Å²) in [4.78, 5) is 29.3. The summed E-state index contributed by atoms with van der Waals surface area (Å²) in [5.41, 5.74) is 6.15. The third-order valence-electron chi connectivity index (χ3n) is 7.16. The Morgan fingerprint density at radius 2 is 1.54 bits per heavy atom. The first-order valence-electron chi connectivity index (χ1n) is 12.2. The van der Waals surface area contributed by atoms with Gasteiger partial charge in [-0.15, -0.1) is 0 Å². The molecule has 0 aliphatic carbocycles. The number of benzene rings is 3. The minimum atomic E-state index is -0.475. The van der Waals surface area contributed by atoms with Gasteiger partial charge in [0.2, 0.25) is 5.76 Å². The van der Waals surface area contributed by atoms with Gasteiger partial charge in [-0.05, 0) is 65.6 Å². The molecule has 0 fully saturated rings. The molecular weight excluding hydrogens is 434 g/mol. The molecule has 1 aliphatic heterocycles. The van der Waals surface area contributed by atoms with Gasteiger partial charge in [0.05, 0.1) is 17.0 Å². The van der Waals surface area contributed by atoms with Crippen LogP contribution in [-0.2, 0) is 11.8 Å². The second kappa shape index (κ2) is 8.53. The van der Waals surface area contributed by atoms with Gasteiger partial charge in [0.1, 0.15) is 5.58 Å². The van der Waals surface area contributed by atoms with Crippen LogP contribution in [0.15, 0.2) is 75.9 Å². The van der Waals surface area contributed by atoms with Gasteiger partial charge in [-0.25, -0.2) is 0 Å². The van der Waals surface area contributed by atoms with Crippen LogP contribution in [-0.4, -0.2) is 17.4 Å². The van der Waals surface area contributed by atoms with Crippen LogP contribution in [0.3, 0.4) is 0 Å². The van der Waals surface area contributed by atoms with E-state index >= 15 is 0 Å². The Balaban J connectivity index is 1.66. The van der Waals surface area contributed by atoms with Gasteiger partial charge in [-0.1, -0.05) is 75.4 Å². The lowest BCUT2D eigenvalue weighted by atomic mass is 9.86. The summed E-state index contributed by atoms with van der Waals surface area (Å²) >= 11 is 0. The summed E-state index contributed by atoms with van der Waals surface area (Å²) in [5, 5.41) is 0.529. The summed E-state index contributed by atoms with van der Waals surface area (Å²) in [5.74, 6) is -0.0539. The zero-order chi connectivity index (χ0) is 24.9. The van der Waals surface area contributed by atoms with Gasteiger partial charge in [-0.2, -0.15) is 0 Å². The molecule has 0 N–H and O–H groups in total. The van der Waals surface area contributed by atoms with Crippen molar-refractivity contribution in [2.75, 3.05) is 6.54 Å². The van der Waals surface area contributed by atoms with Gasteiger partial charge < -0.3 is 9.32 Å². The van der Waals surface area contributed by atoms with E-state index in [-0.39, 0.29) is 22.5 Å². The third kappa shape index (κ3) is 4.07. The molecule has 2 heterocycles. The smallest absolute Gasteiger partial charge is 0.290 e. The first-order chi connectivity index (χ1) is 16.6. The van der Waals surface area contributed by atoms with E-state index in [0.29, 0.717) is 29.5 Å². The monoisotopic (exact) mass is 465 g/mol. The zero-order valence-electron chi connectivity index (χ0n) is 21.0. The predicted molar refractivity (Wildman–Crippen MR) is 140 cm³/mol. The fourth-order valence-electron chi connectivity index (χ4n) is 4.91. The molecule has 0 bridgehead atoms. The van der Waals surface area contributed by atoms with Crippen molar-refractivity contribution in [1.82, 2.24) is 4.90 Å². The topological polar surface area (TPSA) is 50.5 Å². The minimum Gasteiger partial charge on any atom is -0.450 e. The standard InChI is InChI=1S/C31H31NO3/c1-19-17-24-25(18-20(19)2)35-29-26(28(24)33)27(22-11-13-23(14-12-22)31(3,4)5)32(30(29)34)16-15-21-9-7-6-8-10-21/h6-14,17-18,27H,15-16H2,1-5H3. The highest BCUT2D eigenvalue weighted by Gasteiger charge is 2.42. The fraction of sp³-hybridized carbons (Fsp3) is 0.290. The molecule has 1 unspecified atom stereocenters. The van der Waals surface area contributed by atoms with E-state index in [1.165, 1.54) is 5.56 Å². The van der Waals surface area contributed by atoms with Crippen LogP contribution in [0.5, 0.6) is 0 Å². The molecule has 3 aromatic carbocycles. The van der Waals surface area contributed by atoms with E-state index in [9.17, 15) is 9.59 Å². The average Bonchev–Trinajstić information content (AvgIpc) is 3.11. The van der Waals surface area contributed by atoms with Gasteiger partial charge in [0.15, 0.2) is 5.43 Å². The Bertz CT molecular complexity index is 1470. The number of carbonyl (C=O) groups is 1. The Morgan fingerprint density at radius 3 is 2.20 bits per heavy atom. The van der Waals surface area contributed by atoms with Crippen molar-refractivity contribution >= 4 is 16.9 Å². The summed E-state index contributed by atoms with van der Waals surface area (Å²) < 4.78 is 6.15. The number of aryl methyl sites for hydroxylation is 2. The highest BCUT2D eigenvalue weighted by atomic mass is 16.3. The van der Waals surface area contributed by atoms with Crippen molar-refractivity contribution in [3.05, 3.63) is 116 Å². The van der Waals surface area contributed by atoms with Crippen LogP contribution in [0.1, 0.15) is 70.7 Å². The second-order valence-corrected chi connectivity index (χ2v) is 10.6. The Morgan fingerprint density at radius 1 is 0.886 bits per heavy atom. The van der Waals surface area contributed by atoms with Gasteiger partial charge in [0, 0.05) is 6.54 Å². The maximum Gasteiger partial charge on any atom is 0.290 e. The lowest BCUT2D eigenvalue weighted by Gasteiger charge is -2.26. The Hall–Kier alpha value is -3.66. The number of hydrogen-bond acceptors (Lipinski definition) is 3. The normalized spacial score (nSPS) is 15.6. The summed E-state index contributed by atoms with van der Waals surface area (Å²) in [6.45, 7) is 11.0. The number of nitrogens with zero attached hydrogens (tertiary/aromatic N) is 1. The van der Waals surface area contributed by atoms with E-state index in [1.807, 2.05) is 56.3 Å². The highest BCUT2D eigenvalue weighted by molar-refractivity contribution is 5.99. The molecule has 4 aromatic rings. The molecule has 5 rings (SSSR count). The fourth-order valence-corrected chi connectivity index (χ4v) is 4.91. The number of fused-ring (bicyclic) bond motifs is 2. The highest BCUT2D eigenvalue weighted by Crippen LogP contribution is 2.39. The molecule has 1 aromatic heterocycles. The van der Waals surface area contributed by atoms with Crippen LogP contribution < -0.4 is 5.43 Å². The maximum absolute atomic E-state index is 13.8. The van der Waals surface area contributed by atoms with E-state index < -0.39 is 6.04 Å².